The van der Waals surface area contributed by atoms with Gasteiger partial charge in [0.25, 0.3) is 0 Å². The van der Waals surface area contributed by atoms with Crippen LogP contribution >= 0.6 is 36.6 Å². The van der Waals surface area contributed by atoms with E-state index in [0.29, 0.717) is 0 Å². The van der Waals surface area contributed by atoms with Gasteiger partial charge in [0.05, 0.1) is 40.8 Å². The van der Waals surface area contributed by atoms with E-state index in [0.717, 1.165) is 52.6 Å². The molecule has 2 atom stereocenters. The molecule has 5 heterocycles. The van der Waals surface area contributed by atoms with Gasteiger partial charge in [0.2, 0.25) is 0 Å². The summed E-state index contributed by atoms with van der Waals surface area (Å²) in [7, 11) is 0. The van der Waals surface area contributed by atoms with E-state index in [1.807, 2.05) is 12.4 Å². The SMILES string of the molecule is CC12C=CC=CC1N(c1cnc3sc4ncc(-n5c6ccccc6c6cc(S)ccc65)cc4c3c1)c1ccc(S)cc12. The maximum absolute atomic E-state index is 4.98. The Hall–Kier alpha value is -4.04. The molecule has 0 saturated carbocycles. The van der Waals surface area contributed by atoms with Crippen molar-refractivity contribution in [2.45, 2.75) is 28.2 Å². The molecule has 1 aliphatic heterocycles. The van der Waals surface area contributed by atoms with Crippen molar-refractivity contribution in [2.75, 3.05) is 4.90 Å². The predicted molar refractivity (Wildman–Crippen MR) is 182 cm³/mol. The van der Waals surface area contributed by atoms with E-state index in [9.17, 15) is 0 Å². The van der Waals surface area contributed by atoms with Crippen LogP contribution in [0.4, 0.5) is 11.4 Å². The molecule has 0 fully saturated rings. The molecule has 4 aromatic heterocycles. The topological polar surface area (TPSA) is 34.0 Å². The van der Waals surface area contributed by atoms with Crippen LogP contribution in [0.15, 0.2) is 119 Å². The summed E-state index contributed by atoms with van der Waals surface area (Å²) in [6.07, 6.45) is 12.9. The summed E-state index contributed by atoms with van der Waals surface area (Å²) in [5, 5.41) is 4.63. The van der Waals surface area contributed by atoms with Gasteiger partial charge in [-0.1, -0.05) is 53.8 Å². The zero-order chi connectivity index (χ0) is 28.2. The molecular weight excluding hydrogens is 573 g/mol. The monoisotopic (exact) mass is 596 g/mol. The Morgan fingerprint density at radius 1 is 0.738 bits per heavy atom. The largest absolute Gasteiger partial charge is 0.332 e. The molecule has 42 heavy (non-hydrogen) atoms. The standard InChI is InChI=1S/C35H24N4S3/c1-35-13-5-4-8-32(35)39(31-12-10-23(41)17-28(31)35)21-15-27-26-14-20(18-36-33(26)42-34(27)37-19-21)38-29-7-3-2-6-24(29)25-16-22(40)9-11-30(25)38/h2-19,32,40-41H,1H3. The molecule has 0 spiro atoms. The third-order valence-electron chi connectivity index (χ3n) is 8.91. The van der Waals surface area contributed by atoms with Crippen LogP contribution < -0.4 is 4.90 Å². The second-order valence-electron chi connectivity index (χ2n) is 11.3. The third-order valence-corrected chi connectivity index (χ3v) is 10.5. The maximum Gasteiger partial charge on any atom is 0.126 e. The van der Waals surface area contributed by atoms with Gasteiger partial charge in [-0.25, -0.2) is 9.97 Å². The Bertz CT molecular complexity index is 2330. The van der Waals surface area contributed by atoms with Crippen molar-refractivity contribution in [3.63, 3.8) is 0 Å². The van der Waals surface area contributed by atoms with Gasteiger partial charge in [-0.05, 0) is 67.1 Å². The lowest BCUT2D eigenvalue weighted by atomic mass is 9.76. The number of para-hydroxylation sites is 1. The number of benzene rings is 3. The van der Waals surface area contributed by atoms with Crippen LogP contribution in [0.3, 0.4) is 0 Å². The maximum atomic E-state index is 4.98. The first kappa shape index (κ1) is 24.5. The summed E-state index contributed by atoms with van der Waals surface area (Å²) < 4.78 is 2.31. The van der Waals surface area contributed by atoms with Crippen molar-refractivity contribution in [2.24, 2.45) is 0 Å². The van der Waals surface area contributed by atoms with E-state index >= 15 is 0 Å². The molecule has 1 aliphatic carbocycles. The van der Waals surface area contributed by atoms with Gasteiger partial charge in [-0.3, -0.25) is 0 Å². The first-order valence-corrected chi connectivity index (χ1v) is 15.6. The van der Waals surface area contributed by atoms with Gasteiger partial charge in [-0.2, -0.15) is 0 Å². The fourth-order valence-corrected chi connectivity index (χ4v) is 8.32. The van der Waals surface area contributed by atoms with E-state index in [2.05, 4.69) is 139 Å². The summed E-state index contributed by atoms with van der Waals surface area (Å²) in [6.45, 7) is 2.31. The zero-order valence-corrected chi connectivity index (χ0v) is 25.2. The molecule has 2 aliphatic rings. The Labute approximate surface area is 257 Å². The van der Waals surface area contributed by atoms with Crippen molar-refractivity contribution in [1.29, 1.82) is 0 Å². The molecule has 202 valence electrons. The second-order valence-corrected chi connectivity index (χ2v) is 13.3. The summed E-state index contributed by atoms with van der Waals surface area (Å²) in [4.78, 5) is 16.3. The summed E-state index contributed by atoms with van der Waals surface area (Å²) in [5.41, 5.74) is 6.74. The van der Waals surface area contributed by atoms with Crippen molar-refractivity contribution >= 4 is 90.2 Å². The van der Waals surface area contributed by atoms with Crippen LogP contribution in [-0.2, 0) is 5.41 Å². The van der Waals surface area contributed by atoms with Crippen molar-refractivity contribution < 1.29 is 0 Å². The van der Waals surface area contributed by atoms with Crippen LogP contribution in [-0.4, -0.2) is 20.6 Å². The molecule has 0 radical (unpaired) electrons. The average Bonchev–Trinajstić information content (AvgIpc) is 3.62. The molecule has 0 N–H and O–H groups in total. The highest BCUT2D eigenvalue weighted by atomic mass is 32.1. The number of thiol groups is 2. The number of aromatic nitrogens is 3. The number of nitrogens with zero attached hydrogens (tertiary/aromatic N) is 4. The van der Waals surface area contributed by atoms with Gasteiger partial charge in [0, 0.05) is 42.4 Å². The summed E-state index contributed by atoms with van der Waals surface area (Å²) in [5.74, 6) is 0. The molecule has 0 bridgehead atoms. The van der Waals surface area contributed by atoms with E-state index in [1.165, 1.54) is 22.0 Å². The lowest BCUT2D eigenvalue weighted by Crippen LogP contribution is -2.39. The summed E-state index contributed by atoms with van der Waals surface area (Å²) in [6, 6.07) is 26.1. The van der Waals surface area contributed by atoms with Crippen LogP contribution in [0, 0.1) is 0 Å². The van der Waals surface area contributed by atoms with Gasteiger partial charge in [-0.15, -0.1) is 25.3 Å². The minimum atomic E-state index is -0.146. The van der Waals surface area contributed by atoms with Crippen LogP contribution in [0.2, 0.25) is 0 Å². The highest BCUT2D eigenvalue weighted by Crippen LogP contribution is 2.52. The van der Waals surface area contributed by atoms with E-state index in [-0.39, 0.29) is 11.5 Å². The lowest BCUT2D eigenvalue weighted by Gasteiger charge is -2.34. The number of pyridine rings is 2. The Morgan fingerprint density at radius 3 is 2.31 bits per heavy atom. The number of anilines is 2. The number of allylic oxidation sites excluding steroid dienone is 2. The van der Waals surface area contributed by atoms with Gasteiger partial charge >= 0.3 is 0 Å². The Kier molecular flexibility index (Phi) is 5.11. The average molecular weight is 597 g/mol. The number of rotatable bonds is 2. The minimum Gasteiger partial charge on any atom is -0.332 e. The van der Waals surface area contributed by atoms with E-state index in [1.54, 1.807) is 11.3 Å². The lowest BCUT2D eigenvalue weighted by molar-refractivity contribution is 0.550. The molecule has 4 nitrogen and oxygen atoms in total. The molecule has 0 amide bonds. The molecule has 7 heteroatoms. The normalized spacial score (nSPS) is 19.4. The first-order valence-electron chi connectivity index (χ1n) is 13.9. The number of hydrogen-bond donors (Lipinski definition) is 2. The number of fused-ring (bicyclic) bond motifs is 9. The summed E-state index contributed by atoms with van der Waals surface area (Å²) >= 11 is 10.9. The number of thiophene rings is 1. The molecule has 9 rings (SSSR count). The Morgan fingerprint density at radius 2 is 1.45 bits per heavy atom. The third kappa shape index (κ3) is 3.33. The molecule has 0 saturated heterocycles. The molecule has 3 aromatic carbocycles. The molecular formula is C35H24N4S3. The van der Waals surface area contributed by atoms with Crippen LogP contribution in [0.5, 0.6) is 0 Å². The zero-order valence-electron chi connectivity index (χ0n) is 22.6. The van der Waals surface area contributed by atoms with Gasteiger partial charge < -0.3 is 9.47 Å². The highest BCUT2D eigenvalue weighted by molar-refractivity contribution is 7.80. The van der Waals surface area contributed by atoms with E-state index < -0.39 is 0 Å². The smallest absolute Gasteiger partial charge is 0.126 e. The van der Waals surface area contributed by atoms with Gasteiger partial charge in [0.1, 0.15) is 9.66 Å². The van der Waals surface area contributed by atoms with Gasteiger partial charge in [0.15, 0.2) is 0 Å². The predicted octanol–water partition coefficient (Wildman–Crippen LogP) is 9.42. The van der Waals surface area contributed by atoms with Crippen LogP contribution in [0.25, 0.3) is 47.9 Å². The van der Waals surface area contributed by atoms with Crippen LogP contribution in [0.1, 0.15) is 12.5 Å². The van der Waals surface area contributed by atoms with Crippen molar-refractivity contribution in [3.8, 4) is 5.69 Å². The fourth-order valence-electron chi connectivity index (χ4n) is 6.96. The molecule has 2 unspecified atom stereocenters. The molecule has 7 aromatic rings. The van der Waals surface area contributed by atoms with Crippen molar-refractivity contribution in [1.82, 2.24) is 14.5 Å². The van der Waals surface area contributed by atoms with E-state index in [4.69, 9.17) is 9.97 Å². The fraction of sp³-hybridized carbons (Fsp3) is 0.0857. The minimum absolute atomic E-state index is 0.146. The first-order chi connectivity index (χ1) is 20.5. The quantitative estimate of drug-likeness (QED) is 0.195. The number of hydrogen-bond acceptors (Lipinski definition) is 6. The van der Waals surface area contributed by atoms with Crippen molar-refractivity contribution in [3.05, 3.63) is 115 Å². The highest BCUT2D eigenvalue weighted by Gasteiger charge is 2.46. The second kappa shape index (κ2) is 8.74. The Balaban J connectivity index is 1.26.